The number of nitrogens with one attached hydrogen (secondary N) is 1. The van der Waals surface area contributed by atoms with Crippen LogP contribution in [-0.4, -0.2) is 11.2 Å². The highest BCUT2D eigenvalue weighted by Gasteiger charge is 1.97. The molecule has 62 valence electrons. The van der Waals surface area contributed by atoms with Crippen molar-refractivity contribution in [1.82, 2.24) is 4.98 Å². The number of benzene rings is 1. The summed E-state index contributed by atoms with van der Waals surface area (Å²) in [4.78, 5) is 4.63. The van der Waals surface area contributed by atoms with Crippen LogP contribution in [0.5, 0.6) is 0 Å². The first-order chi connectivity index (χ1) is 5.79. The number of hydrogen-bond donors (Lipinski definition) is 1. The monoisotopic (exact) mass is 177 g/mol. The minimum absolute atomic E-state index is 1.23. The quantitative estimate of drug-likeness (QED) is 0.661. The van der Waals surface area contributed by atoms with E-state index < -0.39 is 0 Å². The van der Waals surface area contributed by atoms with Crippen molar-refractivity contribution in [2.24, 2.45) is 0 Å². The third-order valence-corrected chi connectivity index (χ3v) is 2.69. The van der Waals surface area contributed by atoms with Crippen LogP contribution in [0.3, 0.4) is 0 Å². The zero-order valence-corrected chi connectivity index (χ0v) is 8.03. The van der Waals surface area contributed by atoms with Crippen molar-refractivity contribution in [1.29, 1.82) is 0 Å². The Morgan fingerprint density at radius 2 is 2.08 bits per heavy atom. The second-order valence-corrected chi connectivity index (χ2v) is 3.79. The van der Waals surface area contributed by atoms with Gasteiger partial charge in [0.05, 0.1) is 0 Å². The van der Waals surface area contributed by atoms with E-state index in [2.05, 4.69) is 42.4 Å². The van der Waals surface area contributed by atoms with Gasteiger partial charge in [-0.1, -0.05) is 6.07 Å². The first-order valence-electron chi connectivity index (χ1n) is 3.93. The van der Waals surface area contributed by atoms with Gasteiger partial charge < -0.3 is 4.98 Å². The molecular weight excluding hydrogens is 166 g/mol. The Morgan fingerprint density at radius 3 is 2.83 bits per heavy atom. The highest BCUT2D eigenvalue weighted by Crippen LogP contribution is 2.21. The van der Waals surface area contributed by atoms with E-state index >= 15 is 0 Å². The molecule has 0 fully saturated rings. The van der Waals surface area contributed by atoms with Crippen molar-refractivity contribution in [2.75, 3.05) is 6.26 Å². The molecule has 1 heterocycles. The van der Waals surface area contributed by atoms with E-state index in [0.29, 0.717) is 0 Å². The van der Waals surface area contributed by atoms with Crippen LogP contribution in [0.15, 0.2) is 29.2 Å². The maximum Gasteiger partial charge on any atom is 0.0467 e. The van der Waals surface area contributed by atoms with E-state index in [-0.39, 0.29) is 0 Å². The molecule has 0 aliphatic heterocycles. The van der Waals surface area contributed by atoms with Gasteiger partial charge in [0.2, 0.25) is 0 Å². The third kappa shape index (κ3) is 1.23. The summed E-state index contributed by atoms with van der Waals surface area (Å²) in [5.74, 6) is 0. The molecule has 1 aromatic carbocycles. The van der Waals surface area contributed by atoms with Crippen molar-refractivity contribution in [3.05, 3.63) is 30.0 Å². The number of aryl methyl sites for hydroxylation is 1. The summed E-state index contributed by atoms with van der Waals surface area (Å²) < 4.78 is 0. The Kier molecular flexibility index (Phi) is 1.85. The van der Waals surface area contributed by atoms with Crippen LogP contribution in [0, 0.1) is 6.92 Å². The Bertz CT molecular complexity index is 403. The van der Waals surface area contributed by atoms with Gasteiger partial charge in [-0.3, -0.25) is 0 Å². The summed E-state index contributed by atoms with van der Waals surface area (Å²) in [7, 11) is 0. The van der Waals surface area contributed by atoms with Gasteiger partial charge in [0, 0.05) is 16.1 Å². The van der Waals surface area contributed by atoms with Gasteiger partial charge in [0.15, 0.2) is 0 Å². The van der Waals surface area contributed by atoms with Gasteiger partial charge in [-0.25, -0.2) is 0 Å². The number of thioether (sulfide) groups is 1. The van der Waals surface area contributed by atoms with E-state index in [1.54, 1.807) is 11.8 Å². The maximum absolute atomic E-state index is 3.32. The summed E-state index contributed by atoms with van der Waals surface area (Å²) in [6.07, 6.45) is 2.09. The predicted octanol–water partition coefficient (Wildman–Crippen LogP) is 3.20. The number of hydrogen-bond acceptors (Lipinski definition) is 1. The van der Waals surface area contributed by atoms with Crippen LogP contribution >= 0.6 is 11.8 Å². The molecule has 12 heavy (non-hydrogen) atoms. The van der Waals surface area contributed by atoms with Crippen LogP contribution < -0.4 is 0 Å². The normalized spacial score (nSPS) is 10.8. The third-order valence-electron chi connectivity index (χ3n) is 1.96. The Labute approximate surface area is 76.2 Å². The summed E-state index contributed by atoms with van der Waals surface area (Å²) in [6.45, 7) is 2.08. The lowest BCUT2D eigenvalue weighted by molar-refractivity contribution is 1.29. The number of fused-ring (bicyclic) bond motifs is 1. The van der Waals surface area contributed by atoms with Crippen LogP contribution in [0.4, 0.5) is 0 Å². The Hall–Kier alpha value is -0.890. The lowest BCUT2D eigenvalue weighted by Crippen LogP contribution is -1.70. The van der Waals surface area contributed by atoms with Crippen LogP contribution in [-0.2, 0) is 0 Å². The topological polar surface area (TPSA) is 15.8 Å². The molecule has 0 aliphatic carbocycles. The van der Waals surface area contributed by atoms with Crippen molar-refractivity contribution < 1.29 is 0 Å². The predicted molar refractivity (Wildman–Crippen MR) is 54.8 cm³/mol. The van der Waals surface area contributed by atoms with Gasteiger partial charge in [-0.15, -0.1) is 11.8 Å². The van der Waals surface area contributed by atoms with Crippen molar-refractivity contribution >= 4 is 22.7 Å². The molecule has 0 radical (unpaired) electrons. The van der Waals surface area contributed by atoms with Crippen LogP contribution in [0.25, 0.3) is 10.9 Å². The average Bonchev–Trinajstić information content (AvgIpc) is 2.43. The summed E-state index contributed by atoms with van der Waals surface area (Å²) in [6, 6.07) is 8.66. The van der Waals surface area contributed by atoms with Crippen LogP contribution in [0.2, 0.25) is 0 Å². The Balaban J connectivity index is 2.66. The van der Waals surface area contributed by atoms with Gasteiger partial charge in [0.1, 0.15) is 0 Å². The number of aromatic nitrogens is 1. The minimum atomic E-state index is 1.23. The first kappa shape index (κ1) is 7.74. The molecule has 0 aliphatic rings. The smallest absolute Gasteiger partial charge is 0.0467 e. The van der Waals surface area contributed by atoms with Crippen molar-refractivity contribution in [3.8, 4) is 0 Å². The maximum atomic E-state index is 3.32. The van der Waals surface area contributed by atoms with Crippen molar-refractivity contribution in [2.45, 2.75) is 11.8 Å². The average molecular weight is 177 g/mol. The molecule has 0 unspecified atom stereocenters. The standard InChI is InChI=1S/C10H11NS/c1-7-5-8-3-4-9(12-2)6-10(8)11-7/h3-6,11H,1-2H3. The highest BCUT2D eigenvalue weighted by molar-refractivity contribution is 7.98. The minimum Gasteiger partial charge on any atom is -0.359 e. The molecule has 0 amide bonds. The molecule has 2 rings (SSSR count). The molecule has 1 nitrogen and oxygen atoms in total. The largest absolute Gasteiger partial charge is 0.359 e. The van der Waals surface area contributed by atoms with Crippen LogP contribution in [0.1, 0.15) is 5.69 Å². The lowest BCUT2D eigenvalue weighted by Gasteiger charge is -1.94. The molecule has 1 N–H and O–H groups in total. The zero-order chi connectivity index (χ0) is 8.55. The summed E-state index contributed by atoms with van der Waals surface area (Å²) in [5.41, 5.74) is 2.46. The molecule has 1 aromatic heterocycles. The molecule has 0 atom stereocenters. The zero-order valence-electron chi connectivity index (χ0n) is 7.22. The molecule has 0 saturated carbocycles. The fourth-order valence-electron chi connectivity index (χ4n) is 1.38. The number of aromatic amines is 1. The Morgan fingerprint density at radius 1 is 1.25 bits per heavy atom. The van der Waals surface area contributed by atoms with Gasteiger partial charge in [-0.05, 0) is 36.8 Å². The van der Waals surface area contributed by atoms with E-state index in [1.165, 1.54) is 21.5 Å². The summed E-state index contributed by atoms with van der Waals surface area (Å²) in [5, 5.41) is 1.30. The fourth-order valence-corrected chi connectivity index (χ4v) is 1.82. The second kappa shape index (κ2) is 2.87. The SMILES string of the molecule is CSc1ccc2cc(C)[nH]c2c1. The fraction of sp³-hybridized carbons (Fsp3) is 0.200. The van der Waals surface area contributed by atoms with Gasteiger partial charge in [-0.2, -0.15) is 0 Å². The van der Waals surface area contributed by atoms with Crippen molar-refractivity contribution in [3.63, 3.8) is 0 Å². The summed E-state index contributed by atoms with van der Waals surface area (Å²) >= 11 is 1.77. The lowest BCUT2D eigenvalue weighted by atomic mass is 10.2. The van der Waals surface area contributed by atoms with E-state index in [1.807, 2.05) is 0 Å². The van der Waals surface area contributed by atoms with E-state index in [4.69, 9.17) is 0 Å². The van der Waals surface area contributed by atoms with E-state index in [9.17, 15) is 0 Å². The molecule has 0 spiro atoms. The van der Waals surface area contributed by atoms with Gasteiger partial charge in [0.25, 0.3) is 0 Å². The molecule has 2 heteroatoms. The first-order valence-corrected chi connectivity index (χ1v) is 5.15. The second-order valence-electron chi connectivity index (χ2n) is 2.91. The molecule has 2 aromatic rings. The number of rotatable bonds is 1. The molecule has 0 bridgehead atoms. The number of H-pyrrole nitrogens is 1. The van der Waals surface area contributed by atoms with E-state index in [0.717, 1.165) is 0 Å². The molecule has 0 saturated heterocycles. The highest BCUT2D eigenvalue weighted by atomic mass is 32.2. The molecular formula is C10H11NS. The van der Waals surface area contributed by atoms with Gasteiger partial charge >= 0.3 is 0 Å².